The summed E-state index contributed by atoms with van der Waals surface area (Å²) in [6.07, 6.45) is 1.69. The van der Waals surface area contributed by atoms with E-state index in [4.69, 9.17) is 5.73 Å². The highest BCUT2D eigenvalue weighted by Crippen LogP contribution is 2.39. The molecule has 120 valence electrons. The monoisotopic (exact) mass is 308 g/mol. The first kappa shape index (κ1) is 15.8. The Morgan fingerprint density at radius 3 is 2.43 bits per heavy atom. The maximum Gasteiger partial charge on any atom is 0.232 e. The molecule has 3 nitrogen and oxygen atoms in total. The summed E-state index contributed by atoms with van der Waals surface area (Å²) in [4.78, 5) is 12.2. The first-order valence-electron chi connectivity index (χ1n) is 8.34. The molecule has 0 saturated carbocycles. The van der Waals surface area contributed by atoms with Gasteiger partial charge in [0.25, 0.3) is 0 Å². The molecule has 23 heavy (non-hydrogen) atoms. The minimum Gasteiger partial charge on any atom is -0.325 e. The first-order chi connectivity index (χ1) is 11.0. The van der Waals surface area contributed by atoms with Gasteiger partial charge in [0.05, 0.1) is 12.0 Å². The smallest absolute Gasteiger partial charge is 0.232 e. The number of nitrogens with one attached hydrogen (secondary N) is 1. The minimum atomic E-state index is -0.167. The Kier molecular flexibility index (Phi) is 4.22. The van der Waals surface area contributed by atoms with E-state index in [0.717, 1.165) is 35.2 Å². The molecule has 1 heterocycles. The van der Waals surface area contributed by atoms with Crippen molar-refractivity contribution in [2.45, 2.75) is 45.6 Å². The lowest BCUT2D eigenvalue weighted by atomic mass is 9.89. The van der Waals surface area contributed by atoms with Crippen molar-refractivity contribution in [2.75, 3.05) is 5.32 Å². The third kappa shape index (κ3) is 2.77. The van der Waals surface area contributed by atoms with Gasteiger partial charge in [-0.05, 0) is 42.0 Å². The normalized spacial score (nSPS) is 17.7. The summed E-state index contributed by atoms with van der Waals surface area (Å²) in [7, 11) is 0. The number of benzene rings is 2. The maximum atomic E-state index is 12.2. The Bertz CT molecular complexity index is 734. The Labute approximate surface area is 137 Å². The number of anilines is 1. The van der Waals surface area contributed by atoms with Crippen molar-refractivity contribution < 1.29 is 4.79 Å². The highest BCUT2D eigenvalue weighted by atomic mass is 16.2. The lowest BCUT2D eigenvalue weighted by Crippen LogP contribution is -2.13. The molecule has 0 bridgehead atoms. The van der Waals surface area contributed by atoms with Gasteiger partial charge in [0.15, 0.2) is 0 Å². The quantitative estimate of drug-likeness (QED) is 0.895. The van der Waals surface area contributed by atoms with Gasteiger partial charge in [0, 0.05) is 5.69 Å². The molecule has 3 N–H and O–H groups in total. The number of amides is 1. The molecule has 0 spiro atoms. The molecule has 0 aromatic heterocycles. The third-order valence-electron chi connectivity index (χ3n) is 4.80. The molecular weight excluding hydrogens is 284 g/mol. The second kappa shape index (κ2) is 6.17. The Balaban J connectivity index is 2.05. The van der Waals surface area contributed by atoms with Crippen LogP contribution in [0.15, 0.2) is 36.4 Å². The zero-order chi connectivity index (χ0) is 16.6. The van der Waals surface area contributed by atoms with Crippen molar-refractivity contribution >= 4 is 11.6 Å². The zero-order valence-corrected chi connectivity index (χ0v) is 14.0. The predicted octanol–water partition coefficient (Wildman–Crippen LogP) is 4.05. The number of rotatable bonds is 4. The van der Waals surface area contributed by atoms with Crippen LogP contribution in [0.3, 0.4) is 0 Å². The van der Waals surface area contributed by atoms with E-state index in [0.29, 0.717) is 0 Å². The second-order valence-corrected chi connectivity index (χ2v) is 6.34. The highest BCUT2D eigenvalue weighted by Gasteiger charge is 2.31. The molecular formula is C20H24N2O. The van der Waals surface area contributed by atoms with E-state index >= 15 is 0 Å². The van der Waals surface area contributed by atoms with Crippen LogP contribution in [0.1, 0.15) is 60.0 Å². The van der Waals surface area contributed by atoms with Gasteiger partial charge >= 0.3 is 0 Å². The van der Waals surface area contributed by atoms with E-state index in [1.807, 2.05) is 0 Å². The van der Waals surface area contributed by atoms with Crippen LogP contribution in [0.5, 0.6) is 0 Å². The molecule has 0 fully saturated rings. The van der Waals surface area contributed by atoms with Crippen LogP contribution in [0.25, 0.3) is 0 Å². The molecule has 1 amide bonds. The van der Waals surface area contributed by atoms with Gasteiger partial charge in [-0.1, -0.05) is 55.8 Å². The summed E-state index contributed by atoms with van der Waals surface area (Å²) < 4.78 is 0. The van der Waals surface area contributed by atoms with Crippen LogP contribution in [0.4, 0.5) is 5.69 Å². The van der Waals surface area contributed by atoms with Crippen LogP contribution < -0.4 is 11.1 Å². The number of carbonyl (C=O) groups excluding carboxylic acids is 1. The van der Waals surface area contributed by atoms with Crippen LogP contribution in [-0.2, 0) is 11.2 Å². The van der Waals surface area contributed by atoms with E-state index in [2.05, 4.69) is 62.5 Å². The summed E-state index contributed by atoms with van der Waals surface area (Å²) >= 11 is 0. The number of aryl methyl sites for hydroxylation is 2. The average molecular weight is 308 g/mol. The Morgan fingerprint density at radius 2 is 1.83 bits per heavy atom. The van der Waals surface area contributed by atoms with Gasteiger partial charge in [-0.3, -0.25) is 4.79 Å². The van der Waals surface area contributed by atoms with E-state index in [1.165, 1.54) is 11.1 Å². The molecule has 2 unspecified atom stereocenters. The summed E-state index contributed by atoms with van der Waals surface area (Å²) in [6, 6.07) is 12.4. The number of fused-ring (bicyclic) bond motifs is 1. The molecule has 2 aromatic carbocycles. The topological polar surface area (TPSA) is 55.1 Å². The number of nitrogens with two attached hydrogens (primary N) is 1. The molecule has 0 aliphatic carbocycles. The standard InChI is InChI=1S/C20H24N2O/c1-4-13-10-15(18(21)14-8-6-12(3)7-9-14)11-17-16(5-2)20(23)22-19(13)17/h6-11,16,18H,4-5,21H2,1-3H3,(H,22,23). The molecule has 3 heteroatoms. The largest absolute Gasteiger partial charge is 0.325 e. The zero-order valence-electron chi connectivity index (χ0n) is 14.0. The van der Waals surface area contributed by atoms with E-state index in [-0.39, 0.29) is 17.9 Å². The van der Waals surface area contributed by atoms with Crippen molar-refractivity contribution in [1.82, 2.24) is 0 Å². The number of hydrogen-bond acceptors (Lipinski definition) is 2. The van der Waals surface area contributed by atoms with Crippen LogP contribution in [0.2, 0.25) is 0 Å². The molecule has 0 radical (unpaired) electrons. The lowest BCUT2D eigenvalue weighted by molar-refractivity contribution is -0.117. The van der Waals surface area contributed by atoms with Crippen LogP contribution in [-0.4, -0.2) is 5.91 Å². The van der Waals surface area contributed by atoms with Crippen molar-refractivity contribution in [3.05, 3.63) is 64.2 Å². The summed E-state index contributed by atoms with van der Waals surface area (Å²) in [5.74, 6) is 0.0544. The fraction of sp³-hybridized carbons (Fsp3) is 0.350. The molecule has 2 aromatic rings. The number of carbonyl (C=O) groups is 1. The minimum absolute atomic E-state index is 0.0551. The summed E-state index contributed by atoms with van der Waals surface area (Å²) in [5, 5.41) is 3.05. The van der Waals surface area contributed by atoms with Crippen molar-refractivity contribution in [2.24, 2.45) is 5.73 Å². The fourth-order valence-corrected chi connectivity index (χ4v) is 3.36. The third-order valence-corrected chi connectivity index (χ3v) is 4.80. The summed E-state index contributed by atoms with van der Waals surface area (Å²) in [5.41, 5.74) is 13.2. The van der Waals surface area contributed by atoms with E-state index < -0.39 is 0 Å². The van der Waals surface area contributed by atoms with Crippen LogP contribution >= 0.6 is 0 Å². The Morgan fingerprint density at radius 1 is 1.13 bits per heavy atom. The van der Waals surface area contributed by atoms with Gasteiger partial charge < -0.3 is 11.1 Å². The molecule has 3 rings (SSSR count). The van der Waals surface area contributed by atoms with Crippen LogP contribution in [0, 0.1) is 6.92 Å². The lowest BCUT2D eigenvalue weighted by Gasteiger charge is -2.17. The SMILES string of the molecule is CCc1cc(C(N)c2ccc(C)cc2)cc2c1NC(=O)C2CC. The number of hydrogen-bond donors (Lipinski definition) is 2. The average Bonchev–Trinajstić information content (AvgIpc) is 2.89. The maximum absolute atomic E-state index is 12.2. The van der Waals surface area contributed by atoms with Crippen molar-refractivity contribution in [3.63, 3.8) is 0 Å². The van der Waals surface area contributed by atoms with Crippen molar-refractivity contribution in [1.29, 1.82) is 0 Å². The van der Waals surface area contributed by atoms with Gasteiger partial charge in [0.1, 0.15) is 0 Å². The second-order valence-electron chi connectivity index (χ2n) is 6.34. The van der Waals surface area contributed by atoms with Gasteiger partial charge in [0.2, 0.25) is 5.91 Å². The molecule has 1 aliphatic heterocycles. The molecule has 0 saturated heterocycles. The first-order valence-corrected chi connectivity index (χ1v) is 8.34. The van der Waals surface area contributed by atoms with Gasteiger partial charge in [-0.25, -0.2) is 0 Å². The molecule has 1 aliphatic rings. The van der Waals surface area contributed by atoms with E-state index in [1.54, 1.807) is 0 Å². The predicted molar refractivity (Wildman–Crippen MR) is 94.7 cm³/mol. The Hall–Kier alpha value is -2.13. The molecule has 2 atom stereocenters. The van der Waals surface area contributed by atoms with Gasteiger partial charge in [-0.15, -0.1) is 0 Å². The summed E-state index contributed by atoms with van der Waals surface area (Å²) in [6.45, 7) is 6.24. The fourth-order valence-electron chi connectivity index (χ4n) is 3.36. The van der Waals surface area contributed by atoms with E-state index in [9.17, 15) is 4.79 Å². The highest BCUT2D eigenvalue weighted by molar-refractivity contribution is 6.03. The van der Waals surface area contributed by atoms with Crippen molar-refractivity contribution in [3.8, 4) is 0 Å². The van der Waals surface area contributed by atoms with Gasteiger partial charge in [-0.2, -0.15) is 0 Å².